The van der Waals surface area contributed by atoms with Crippen molar-refractivity contribution in [1.29, 1.82) is 0 Å². The molecule has 1 aliphatic rings. The van der Waals surface area contributed by atoms with Crippen molar-refractivity contribution in [3.8, 4) is 0 Å². The van der Waals surface area contributed by atoms with Gasteiger partial charge < -0.3 is 4.92 Å². The SMILES string of the molecule is CCBN1C(C(C)(C)C)=C(C)C(C(C)(C)C)N1B(CC)CC. The minimum Gasteiger partial charge on any atom is -0.367 e. The van der Waals surface area contributed by atoms with Gasteiger partial charge in [0.15, 0.2) is 0 Å². The molecule has 0 aromatic carbocycles. The first-order valence-corrected chi connectivity index (χ1v) is 9.27. The highest BCUT2D eigenvalue weighted by atomic mass is 15.6. The molecule has 0 aliphatic carbocycles. The van der Waals surface area contributed by atoms with Crippen LogP contribution in [-0.4, -0.2) is 30.1 Å². The van der Waals surface area contributed by atoms with Crippen molar-refractivity contribution in [2.24, 2.45) is 10.8 Å². The Labute approximate surface area is 141 Å². The van der Waals surface area contributed by atoms with Crippen LogP contribution in [0.5, 0.6) is 0 Å². The fourth-order valence-electron chi connectivity index (χ4n) is 4.32. The van der Waals surface area contributed by atoms with Crippen LogP contribution in [0.4, 0.5) is 0 Å². The van der Waals surface area contributed by atoms with Gasteiger partial charge in [-0.2, -0.15) is 0 Å². The van der Waals surface area contributed by atoms with Crippen molar-refractivity contribution >= 4 is 14.3 Å². The van der Waals surface area contributed by atoms with Gasteiger partial charge in [-0.25, -0.2) is 0 Å². The summed E-state index contributed by atoms with van der Waals surface area (Å²) in [7, 11) is 1.13. The molecule has 0 N–H and O–H groups in total. The van der Waals surface area contributed by atoms with E-state index in [1.807, 2.05) is 0 Å². The second-order valence-electron chi connectivity index (χ2n) is 9.02. The van der Waals surface area contributed by atoms with Crippen molar-refractivity contribution in [2.75, 3.05) is 0 Å². The third-order valence-electron chi connectivity index (χ3n) is 4.87. The van der Waals surface area contributed by atoms with E-state index in [-0.39, 0.29) is 10.8 Å². The zero-order valence-electron chi connectivity index (χ0n) is 16.9. The molecule has 126 valence electrons. The third-order valence-corrected chi connectivity index (χ3v) is 4.87. The molecular formula is C18H38B2N2. The Balaban J connectivity index is 3.45. The summed E-state index contributed by atoms with van der Waals surface area (Å²) in [4.78, 5) is 5.38. The first kappa shape index (κ1) is 19.7. The van der Waals surface area contributed by atoms with Gasteiger partial charge in [-0.3, -0.25) is 4.92 Å². The van der Waals surface area contributed by atoms with Crippen molar-refractivity contribution in [2.45, 2.75) is 94.2 Å². The molecule has 1 heterocycles. The van der Waals surface area contributed by atoms with Crippen LogP contribution in [0.2, 0.25) is 19.0 Å². The van der Waals surface area contributed by atoms with E-state index in [0.29, 0.717) is 12.9 Å². The molecule has 0 radical (unpaired) electrons. The van der Waals surface area contributed by atoms with Crippen molar-refractivity contribution < 1.29 is 0 Å². The van der Waals surface area contributed by atoms with Crippen LogP contribution in [0.25, 0.3) is 0 Å². The summed E-state index contributed by atoms with van der Waals surface area (Å²) < 4.78 is 0. The highest BCUT2D eigenvalue weighted by Gasteiger charge is 2.47. The van der Waals surface area contributed by atoms with Crippen LogP contribution < -0.4 is 0 Å². The van der Waals surface area contributed by atoms with E-state index < -0.39 is 0 Å². The number of hydrogen-bond acceptors (Lipinski definition) is 2. The van der Waals surface area contributed by atoms with E-state index in [4.69, 9.17) is 0 Å². The van der Waals surface area contributed by atoms with Crippen LogP contribution in [0.15, 0.2) is 11.3 Å². The lowest BCUT2D eigenvalue weighted by molar-refractivity contribution is 0.106. The summed E-state index contributed by atoms with van der Waals surface area (Å²) >= 11 is 0. The molecule has 4 heteroatoms. The molecular weight excluding hydrogens is 266 g/mol. The van der Waals surface area contributed by atoms with E-state index in [0.717, 1.165) is 7.41 Å². The minimum absolute atomic E-state index is 0.198. The van der Waals surface area contributed by atoms with E-state index in [2.05, 4.69) is 79.1 Å². The summed E-state index contributed by atoms with van der Waals surface area (Å²) in [5, 5.41) is 0. The van der Waals surface area contributed by atoms with Gasteiger partial charge >= 0.3 is 0 Å². The lowest BCUT2D eigenvalue weighted by Gasteiger charge is -2.46. The Kier molecular flexibility index (Phi) is 6.29. The number of rotatable bonds is 5. The van der Waals surface area contributed by atoms with Gasteiger partial charge in [-0.05, 0) is 17.9 Å². The van der Waals surface area contributed by atoms with Gasteiger partial charge in [-0.1, -0.05) is 81.3 Å². The summed E-state index contributed by atoms with van der Waals surface area (Å²) in [6.07, 6.45) is 3.63. The van der Waals surface area contributed by atoms with Crippen LogP contribution in [0.3, 0.4) is 0 Å². The molecule has 2 nitrogen and oxygen atoms in total. The van der Waals surface area contributed by atoms with Crippen molar-refractivity contribution in [3.63, 3.8) is 0 Å². The Bertz CT molecular complexity index is 400. The van der Waals surface area contributed by atoms with Crippen molar-refractivity contribution in [1.82, 2.24) is 9.84 Å². The van der Waals surface area contributed by atoms with Gasteiger partial charge in [0.05, 0.1) is 0 Å². The average Bonchev–Trinajstić information content (AvgIpc) is 2.64. The number of allylic oxidation sites excluding steroid dienone is 1. The predicted octanol–water partition coefficient (Wildman–Crippen LogP) is 5.07. The molecule has 1 unspecified atom stereocenters. The maximum atomic E-state index is 2.74. The normalized spacial score (nSPS) is 20.8. The van der Waals surface area contributed by atoms with E-state index in [1.165, 1.54) is 19.0 Å². The Hall–Kier alpha value is -0.370. The Morgan fingerprint density at radius 1 is 1.00 bits per heavy atom. The molecule has 0 fully saturated rings. The number of nitrogens with zero attached hydrogens (tertiary/aromatic N) is 2. The molecule has 22 heavy (non-hydrogen) atoms. The monoisotopic (exact) mass is 304 g/mol. The first-order valence-electron chi connectivity index (χ1n) is 9.27. The highest BCUT2D eigenvalue weighted by Crippen LogP contribution is 2.46. The number of hydrazine groups is 1. The highest BCUT2D eigenvalue weighted by molar-refractivity contribution is 6.56. The molecule has 0 bridgehead atoms. The van der Waals surface area contributed by atoms with Crippen LogP contribution >= 0.6 is 0 Å². The molecule has 1 atom stereocenters. The average molecular weight is 304 g/mol. The zero-order valence-corrected chi connectivity index (χ0v) is 16.9. The second kappa shape index (κ2) is 7.03. The number of hydrogen-bond donors (Lipinski definition) is 0. The topological polar surface area (TPSA) is 6.48 Å². The molecule has 0 amide bonds. The fourth-order valence-corrected chi connectivity index (χ4v) is 4.32. The van der Waals surface area contributed by atoms with Crippen LogP contribution in [-0.2, 0) is 0 Å². The van der Waals surface area contributed by atoms with E-state index in [1.54, 1.807) is 11.3 Å². The van der Waals surface area contributed by atoms with Gasteiger partial charge in [0.25, 0.3) is 7.41 Å². The largest absolute Gasteiger partial charge is 0.367 e. The van der Waals surface area contributed by atoms with E-state index in [9.17, 15) is 0 Å². The lowest BCUT2D eigenvalue weighted by Crippen LogP contribution is -2.56. The minimum atomic E-state index is 0.198. The quantitative estimate of drug-likeness (QED) is 0.654. The lowest BCUT2D eigenvalue weighted by atomic mass is 9.54. The molecule has 0 aromatic rings. The summed E-state index contributed by atoms with van der Waals surface area (Å²) in [6.45, 7) is 24.3. The Morgan fingerprint density at radius 2 is 1.50 bits per heavy atom. The molecule has 0 saturated carbocycles. The van der Waals surface area contributed by atoms with Gasteiger partial charge in [-0.15, -0.1) is 0 Å². The predicted molar refractivity (Wildman–Crippen MR) is 103 cm³/mol. The molecule has 0 saturated heterocycles. The van der Waals surface area contributed by atoms with Gasteiger partial charge in [0.1, 0.15) is 0 Å². The summed E-state index contributed by atoms with van der Waals surface area (Å²) in [5.41, 5.74) is 3.59. The molecule has 1 rings (SSSR count). The van der Waals surface area contributed by atoms with E-state index >= 15 is 0 Å². The standard InChI is InChI=1S/C18H38B2N2/c1-11-19-21-15(17(5,6)7)14(4)16(18(8,9)10)22(21)20(12-2)13-3/h16,19H,11-13H2,1-10H3. The fraction of sp³-hybridized carbons (Fsp3) is 0.889. The first-order chi connectivity index (χ1) is 10.0. The smallest absolute Gasteiger partial charge is 0.255 e. The molecule has 1 aliphatic heterocycles. The van der Waals surface area contributed by atoms with Crippen LogP contribution in [0.1, 0.15) is 69.2 Å². The maximum Gasteiger partial charge on any atom is 0.255 e. The third kappa shape index (κ3) is 3.75. The zero-order chi connectivity index (χ0) is 17.3. The second-order valence-corrected chi connectivity index (χ2v) is 9.02. The maximum absolute atomic E-state index is 2.74. The van der Waals surface area contributed by atoms with Crippen molar-refractivity contribution in [3.05, 3.63) is 11.3 Å². The Morgan fingerprint density at radius 3 is 1.82 bits per heavy atom. The van der Waals surface area contributed by atoms with Crippen LogP contribution in [0, 0.1) is 10.8 Å². The van der Waals surface area contributed by atoms with Gasteiger partial charge in [0.2, 0.25) is 6.85 Å². The summed E-state index contributed by atoms with van der Waals surface area (Å²) in [5.74, 6) is 0. The molecule has 0 aromatic heterocycles. The summed E-state index contributed by atoms with van der Waals surface area (Å²) in [6, 6.07) is 0.512. The molecule has 0 spiro atoms. The van der Waals surface area contributed by atoms with Gasteiger partial charge in [0, 0.05) is 17.2 Å².